The summed E-state index contributed by atoms with van der Waals surface area (Å²) in [6.07, 6.45) is 0. The molecule has 6 rings (SSSR count). The fourth-order valence-electron chi connectivity index (χ4n) is 4.16. The van der Waals surface area contributed by atoms with Crippen molar-refractivity contribution < 1.29 is 0 Å². The highest BCUT2D eigenvalue weighted by Gasteiger charge is 2.09. The second-order valence-corrected chi connectivity index (χ2v) is 8.63. The maximum Gasteiger partial charge on any atom is 0.0470 e. The number of rotatable bonds is 3. The highest BCUT2D eigenvalue weighted by molar-refractivity contribution is 7.25. The summed E-state index contributed by atoms with van der Waals surface area (Å²) in [6.45, 7) is 0. The molecular weight excluding hydrogens is 382 g/mol. The van der Waals surface area contributed by atoms with Gasteiger partial charge in [-0.15, -0.1) is 11.3 Å². The molecule has 0 aliphatic carbocycles. The maximum atomic E-state index is 3.62. The summed E-state index contributed by atoms with van der Waals surface area (Å²) in [4.78, 5) is 0. The fourth-order valence-corrected chi connectivity index (χ4v) is 5.25. The summed E-state index contributed by atoms with van der Waals surface area (Å²) in [5.41, 5.74) is 4.70. The van der Waals surface area contributed by atoms with Crippen LogP contribution in [0.5, 0.6) is 0 Å². The first kappa shape index (κ1) is 17.3. The zero-order valence-electron chi connectivity index (χ0n) is 16.3. The van der Waals surface area contributed by atoms with Crippen LogP contribution in [0.3, 0.4) is 0 Å². The number of benzene rings is 5. The summed E-state index contributed by atoms with van der Waals surface area (Å²) in [6, 6.07) is 39.0. The summed E-state index contributed by atoms with van der Waals surface area (Å²) < 4.78 is 2.68. The van der Waals surface area contributed by atoms with Gasteiger partial charge in [0.25, 0.3) is 0 Å². The van der Waals surface area contributed by atoms with Crippen LogP contribution in [0.1, 0.15) is 0 Å². The number of nitrogens with one attached hydrogen (secondary N) is 1. The monoisotopic (exact) mass is 401 g/mol. The van der Waals surface area contributed by atoms with Crippen molar-refractivity contribution in [3.63, 3.8) is 0 Å². The SMILES string of the molecule is c1ccc(Nc2cc(-c3ccc4sc5ccccc5c4c3)cc3ccccc23)cc1. The third kappa shape index (κ3) is 2.94. The van der Waals surface area contributed by atoms with Crippen LogP contribution in [-0.2, 0) is 0 Å². The van der Waals surface area contributed by atoms with Crippen LogP contribution in [-0.4, -0.2) is 0 Å². The van der Waals surface area contributed by atoms with Crippen LogP contribution < -0.4 is 5.32 Å². The minimum absolute atomic E-state index is 1.10. The minimum atomic E-state index is 1.10. The molecule has 0 spiro atoms. The van der Waals surface area contributed by atoms with Crippen molar-refractivity contribution in [2.24, 2.45) is 0 Å². The Kier molecular flexibility index (Phi) is 4.03. The zero-order chi connectivity index (χ0) is 19.9. The Morgan fingerprint density at radius 2 is 1.23 bits per heavy atom. The molecule has 1 aromatic heterocycles. The molecule has 0 bridgehead atoms. The third-order valence-corrected chi connectivity index (χ3v) is 6.78. The van der Waals surface area contributed by atoms with Crippen LogP contribution in [0.2, 0.25) is 0 Å². The van der Waals surface area contributed by atoms with E-state index in [-0.39, 0.29) is 0 Å². The molecule has 1 nitrogen and oxygen atoms in total. The number of para-hydroxylation sites is 1. The van der Waals surface area contributed by atoms with E-state index in [1.807, 2.05) is 17.4 Å². The molecule has 5 aromatic carbocycles. The molecule has 0 saturated carbocycles. The Morgan fingerprint density at radius 1 is 0.500 bits per heavy atom. The lowest BCUT2D eigenvalue weighted by atomic mass is 9.98. The molecule has 0 amide bonds. The third-order valence-electron chi connectivity index (χ3n) is 5.62. The zero-order valence-corrected chi connectivity index (χ0v) is 17.1. The van der Waals surface area contributed by atoms with Gasteiger partial charge < -0.3 is 5.32 Å². The van der Waals surface area contributed by atoms with Crippen molar-refractivity contribution in [3.8, 4) is 11.1 Å². The van der Waals surface area contributed by atoms with E-state index in [9.17, 15) is 0 Å². The average molecular weight is 402 g/mol. The first-order valence-electron chi connectivity index (χ1n) is 10.1. The smallest absolute Gasteiger partial charge is 0.0470 e. The highest BCUT2D eigenvalue weighted by atomic mass is 32.1. The van der Waals surface area contributed by atoms with Crippen LogP contribution in [0.15, 0.2) is 109 Å². The molecule has 0 fully saturated rings. The molecule has 0 radical (unpaired) electrons. The first-order chi connectivity index (χ1) is 14.8. The lowest BCUT2D eigenvalue weighted by Gasteiger charge is -2.13. The highest BCUT2D eigenvalue weighted by Crippen LogP contribution is 2.38. The van der Waals surface area contributed by atoms with Crippen molar-refractivity contribution in [1.82, 2.24) is 0 Å². The molecule has 0 unspecified atom stereocenters. The molecule has 0 aliphatic heterocycles. The number of hydrogen-bond acceptors (Lipinski definition) is 2. The van der Waals surface area contributed by atoms with Gasteiger partial charge in [-0.05, 0) is 59.0 Å². The summed E-state index contributed by atoms with van der Waals surface area (Å²) >= 11 is 1.86. The number of thiophene rings is 1. The van der Waals surface area contributed by atoms with E-state index in [1.54, 1.807) is 0 Å². The maximum absolute atomic E-state index is 3.62. The van der Waals surface area contributed by atoms with Crippen molar-refractivity contribution >= 4 is 53.7 Å². The Hall–Kier alpha value is -3.62. The average Bonchev–Trinajstić information content (AvgIpc) is 3.18. The van der Waals surface area contributed by atoms with Gasteiger partial charge in [0.15, 0.2) is 0 Å². The lowest BCUT2D eigenvalue weighted by Crippen LogP contribution is -1.92. The molecule has 0 saturated heterocycles. The predicted molar refractivity (Wildman–Crippen MR) is 132 cm³/mol. The van der Waals surface area contributed by atoms with Gasteiger partial charge in [0.2, 0.25) is 0 Å². The largest absolute Gasteiger partial charge is 0.355 e. The Morgan fingerprint density at radius 3 is 2.13 bits per heavy atom. The first-order valence-corrected chi connectivity index (χ1v) is 10.9. The standard InChI is InChI=1S/C28H19NS/c1-2-9-22(10-3-1)29-26-18-21(16-20-8-4-5-11-23(20)26)19-14-15-28-25(17-19)24-12-6-7-13-27(24)30-28/h1-18,29H. The Bertz CT molecular complexity index is 1510. The van der Waals surface area contributed by atoms with Crippen molar-refractivity contribution in [3.05, 3.63) is 109 Å². The molecule has 0 atom stereocenters. The number of anilines is 2. The molecule has 142 valence electrons. The molecule has 6 aromatic rings. The molecule has 0 aliphatic rings. The van der Waals surface area contributed by atoms with E-state index in [4.69, 9.17) is 0 Å². The van der Waals surface area contributed by atoms with Gasteiger partial charge in [-0.1, -0.05) is 66.7 Å². The normalized spacial score (nSPS) is 11.3. The van der Waals surface area contributed by atoms with Crippen molar-refractivity contribution in [1.29, 1.82) is 0 Å². The van der Waals surface area contributed by atoms with Crippen molar-refractivity contribution in [2.75, 3.05) is 5.32 Å². The molecule has 1 heterocycles. The summed E-state index contributed by atoms with van der Waals surface area (Å²) in [5.74, 6) is 0. The van der Waals surface area contributed by atoms with E-state index in [0.717, 1.165) is 11.4 Å². The predicted octanol–water partition coefficient (Wildman–Crippen LogP) is 8.62. The van der Waals surface area contributed by atoms with Gasteiger partial charge in [0, 0.05) is 36.9 Å². The minimum Gasteiger partial charge on any atom is -0.355 e. The molecule has 30 heavy (non-hydrogen) atoms. The van der Waals surface area contributed by atoms with Gasteiger partial charge in [-0.25, -0.2) is 0 Å². The molecular formula is C28H19NS. The van der Waals surface area contributed by atoms with Gasteiger partial charge in [-0.3, -0.25) is 0 Å². The van der Waals surface area contributed by atoms with E-state index < -0.39 is 0 Å². The van der Waals surface area contributed by atoms with E-state index in [0.29, 0.717) is 0 Å². The van der Waals surface area contributed by atoms with Crippen molar-refractivity contribution in [2.45, 2.75) is 0 Å². The second-order valence-electron chi connectivity index (χ2n) is 7.55. The number of hydrogen-bond donors (Lipinski definition) is 1. The topological polar surface area (TPSA) is 12.0 Å². The van der Waals surface area contributed by atoms with Crippen LogP contribution >= 0.6 is 11.3 Å². The number of fused-ring (bicyclic) bond motifs is 4. The van der Waals surface area contributed by atoms with Crippen LogP contribution in [0.25, 0.3) is 42.1 Å². The Labute approximate surface area is 179 Å². The van der Waals surface area contributed by atoms with E-state index >= 15 is 0 Å². The lowest BCUT2D eigenvalue weighted by molar-refractivity contribution is 1.57. The molecule has 2 heteroatoms. The van der Waals surface area contributed by atoms with E-state index in [1.165, 1.54) is 42.1 Å². The van der Waals surface area contributed by atoms with E-state index in [2.05, 4.69) is 108 Å². The van der Waals surface area contributed by atoms with Gasteiger partial charge in [0.1, 0.15) is 0 Å². The van der Waals surface area contributed by atoms with Gasteiger partial charge in [0.05, 0.1) is 0 Å². The fraction of sp³-hybridized carbons (Fsp3) is 0. The van der Waals surface area contributed by atoms with Crippen LogP contribution in [0, 0.1) is 0 Å². The quantitative estimate of drug-likeness (QED) is 0.313. The van der Waals surface area contributed by atoms with Crippen LogP contribution in [0.4, 0.5) is 11.4 Å². The second kappa shape index (κ2) is 7.01. The summed E-state index contributed by atoms with van der Waals surface area (Å²) in [5, 5.41) is 8.76. The Balaban J connectivity index is 1.54. The van der Waals surface area contributed by atoms with Gasteiger partial charge in [-0.2, -0.15) is 0 Å². The van der Waals surface area contributed by atoms with Gasteiger partial charge >= 0.3 is 0 Å². The molecule has 1 N–H and O–H groups in total. The summed E-state index contributed by atoms with van der Waals surface area (Å²) in [7, 11) is 0.